The third-order valence-corrected chi connectivity index (χ3v) is 4.31. The van der Waals surface area contributed by atoms with Gasteiger partial charge in [0.25, 0.3) is 0 Å². The summed E-state index contributed by atoms with van der Waals surface area (Å²) in [5.41, 5.74) is 1.02. The standard InChI is InChI=1S/C19H25N3O3/c1-4-11-20(3)18(23)16-8-13-21(14-9-16)17-7-6-12-22(15-10-17)19(24)25-5-2/h1,6-7,10,12,15-16H,5,8-9,11,13-14H2,2-3H3. The minimum atomic E-state index is -0.398. The van der Waals surface area contributed by atoms with E-state index in [-0.39, 0.29) is 11.8 Å². The molecule has 0 aromatic heterocycles. The van der Waals surface area contributed by atoms with E-state index in [9.17, 15) is 9.59 Å². The van der Waals surface area contributed by atoms with Gasteiger partial charge in [0.05, 0.1) is 13.2 Å². The first kappa shape index (κ1) is 18.7. The number of carbonyl (C=O) groups is 2. The topological polar surface area (TPSA) is 53.1 Å². The maximum atomic E-state index is 12.3. The first-order valence-corrected chi connectivity index (χ1v) is 8.52. The Morgan fingerprint density at radius 3 is 2.72 bits per heavy atom. The highest BCUT2D eigenvalue weighted by Crippen LogP contribution is 2.23. The van der Waals surface area contributed by atoms with Crippen molar-refractivity contribution in [1.82, 2.24) is 14.7 Å². The van der Waals surface area contributed by atoms with Crippen LogP contribution >= 0.6 is 0 Å². The van der Waals surface area contributed by atoms with Crippen LogP contribution in [0.25, 0.3) is 0 Å². The fourth-order valence-corrected chi connectivity index (χ4v) is 2.94. The summed E-state index contributed by atoms with van der Waals surface area (Å²) in [5, 5.41) is 0. The van der Waals surface area contributed by atoms with Gasteiger partial charge in [-0.1, -0.05) is 5.92 Å². The summed E-state index contributed by atoms with van der Waals surface area (Å²) in [5.74, 6) is 2.65. The number of hydrogen-bond acceptors (Lipinski definition) is 4. The Labute approximate surface area is 149 Å². The molecule has 0 aromatic carbocycles. The van der Waals surface area contributed by atoms with Gasteiger partial charge in [-0.25, -0.2) is 4.79 Å². The quantitative estimate of drug-likeness (QED) is 0.734. The average molecular weight is 343 g/mol. The smallest absolute Gasteiger partial charge is 0.417 e. The van der Waals surface area contributed by atoms with Crippen LogP contribution in [0.15, 0.2) is 36.3 Å². The number of carbonyl (C=O) groups excluding carboxylic acids is 2. The number of terminal acetylenes is 1. The Balaban J connectivity index is 1.91. The Bertz CT molecular complexity index is 622. The summed E-state index contributed by atoms with van der Waals surface area (Å²) >= 11 is 0. The van der Waals surface area contributed by atoms with Crippen molar-refractivity contribution in [2.45, 2.75) is 19.8 Å². The van der Waals surface area contributed by atoms with E-state index >= 15 is 0 Å². The van der Waals surface area contributed by atoms with E-state index < -0.39 is 6.09 Å². The highest BCUT2D eigenvalue weighted by atomic mass is 16.5. The number of amides is 2. The molecule has 0 unspecified atom stereocenters. The van der Waals surface area contributed by atoms with E-state index in [1.807, 2.05) is 18.2 Å². The van der Waals surface area contributed by atoms with Crippen LogP contribution in [0.1, 0.15) is 19.8 Å². The zero-order valence-electron chi connectivity index (χ0n) is 14.9. The van der Waals surface area contributed by atoms with Crippen LogP contribution in [0.2, 0.25) is 0 Å². The molecule has 1 fully saturated rings. The molecule has 0 spiro atoms. The van der Waals surface area contributed by atoms with Crippen molar-refractivity contribution in [2.75, 3.05) is 33.3 Å². The van der Waals surface area contributed by atoms with Gasteiger partial charge in [-0.05, 0) is 38.0 Å². The van der Waals surface area contributed by atoms with E-state index in [1.165, 1.54) is 4.90 Å². The lowest BCUT2D eigenvalue weighted by molar-refractivity contribution is -0.134. The first-order chi connectivity index (χ1) is 12.1. The number of hydrogen-bond donors (Lipinski definition) is 0. The molecule has 0 bridgehead atoms. The molecule has 0 atom stereocenters. The predicted octanol–water partition coefficient (Wildman–Crippen LogP) is 2.17. The number of piperidine rings is 1. The molecule has 2 heterocycles. The molecule has 2 aliphatic heterocycles. The van der Waals surface area contributed by atoms with Crippen molar-refractivity contribution < 1.29 is 14.3 Å². The second kappa shape index (κ2) is 8.97. The maximum absolute atomic E-state index is 12.3. The van der Waals surface area contributed by atoms with Gasteiger partial charge in [0.1, 0.15) is 0 Å². The summed E-state index contributed by atoms with van der Waals surface area (Å²) in [6.07, 6.45) is 15.5. The van der Waals surface area contributed by atoms with E-state index in [2.05, 4.69) is 10.8 Å². The van der Waals surface area contributed by atoms with Gasteiger partial charge in [-0.3, -0.25) is 9.69 Å². The van der Waals surface area contributed by atoms with Crippen molar-refractivity contribution in [3.63, 3.8) is 0 Å². The highest BCUT2D eigenvalue weighted by molar-refractivity contribution is 5.79. The van der Waals surface area contributed by atoms with Gasteiger partial charge in [-0.2, -0.15) is 0 Å². The fraction of sp³-hybridized carbons (Fsp3) is 0.474. The number of rotatable bonds is 4. The lowest BCUT2D eigenvalue weighted by Crippen LogP contribution is -2.40. The van der Waals surface area contributed by atoms with Gasteiger partial charge in [0, 0.05) is 44.2 Å². The third-order valence-electron chi connectivity index (χ3n) is 4.31. The molecule has 6 heteroatoms. The van der Waals surface area contributed by atoms with Gasteiger partial charge in [0.2, 0.25) is 5.91 Å². The summed E-state index contributed by atoms with van der Waals surface area (Å²) in [6.45, 7) is 4.06. The highest BCUT2D eigenvalue weighted by Gasteiger charge is 2.27. The van der Waals surface area contributed by atoms with Crippen LogP contribution in [-0.4, -0.2) is 60.0 Å². The predicted molar refractivity (Wildman–Crippen MR) is 96.0 cm³/mol. The second-order valence-electron chi connectivity index (χ2n) is 6.01. The number of allylic oxidation sites excluding steroid dienone is 3. The Morgan fingerprint density at radius 1 is 1.36 bits per heavy atom. The monoisotopic (exact) mass is 343 g/mol. The van der Waals surface area contributed by atoms with Crippen molar-refractivity contribution >= 4 is 12.0 Å². The van der Waals surface area contributed by atoms with E-state index in [4.69, 9.17) is 11.2 Å². The Kier molecular flexibility index (Phi) is 6.70. The molecule has 0 aliphatic carbocycles. The zero-order chi connectivity index (χ0) is 18.2. The van der Waals surface area contributed by atoms with Gasteiger partial charge in [0.15, 0.2) is 0 Å². The minimum absolute atomic E-state index is 0.0246. The number of likely N-dealkylation sites (tertiary alicyclic amines) is 1. The molecule has 2 rings (SSSR count). The number of nitrogens with zero attached hydrogens (tertiary/aromatic N) is 3. The lowest BCUT2D eigenvalue weighted by atomic mass is 9.95. The summed E-state index contributed by atoms with van der Waals surface area (Å²) in [7, 11) is 1.75. The second-order valence-corrected chi connectivity index (χ2v) is 6.01. The van der Waals surface area contributed by atoms with E-state index in [0.29, 0.717) is 13.2 Å². The van der Waals surface area contributed by atoms with Crippen LogP contribution in [0.4, 0.5) is 4.79 Å². The fourth-order valence-electron chi connectivity index (χ4n) is 2.94. The molecule has 25 heavy (non-hydrogen) atoms. The normalized spacial score (nSPS) is 17.6. The van der Waals surface area contributed by atoms with Gasteiger partial charge >= 0.3 is 6.09 Å². The SMILES string of the molecule is C#CCN(C)C(=O)C1CCN(C2=CC=CN(C(=O)OCC)C=C2)CC1. The molecule has 2 amide bonds. The molecular weight excluding hydrogens is 318 g/mol. The molecule has 0 radical (unpaired) electrons. The maximum Gasteiger partial charge on any atom is 0.417 e. The van der Waals surface area contributed by atoms with Crippen LogP contribution in [-0.2, 0) is 9.53 Å². The van der Waals surface area contributed by atoms with Crippen molar-refractivity contribution in [2.24, 2.45) is 5.92 Å². The molecule has 0 N–H and O–H groups in total. The van der Waals surface area contributed by atoms with Gasteiger partial charge < -0.3 is 14.5 Å². The largest absolute Gasteiger partial charge is 0.449 e. The zero-order valence-corrected chi connectivity index (χ0v) is 14.9. The summed E-state index contributed by atoms with van der Waals surface area (Å²) in [6, 6.07) is 0. The van der Waals surface area contributed by atoms with Crippen molar-refractivity contribution in [1.29, 1.82) is 0 Å². The lowest BCUT2D eigenvalue weighted by Gasteiger charge is -2.34. The molecule has 0 aromatic rings. The van der Waals surface area contributed by atoms with Crippen LogP contribution in [0, 0.1) is 18.3 Å². The van der Waals surface area contributed by atoms with Crippen molar-refractivity contribution in [3.8, 4) is 12.3 Å². The van der Waals surface area contributed by atoms with Crippen LogP contribution < -0.4 is 0 Å². The summed E-state index contributed by atoms with van der Waals surface area (Å²) < 4.78 is 4.99. The minimum Gasteiger partial charge on any atom is -0.449 e. The van der Waals surface area contributed by atoms with Crippen LogP contribution in [0.5, 0.6) is 0 Å². The Morgan fingerprint density at radius 2 is 2.08 bits per heavy atom. The van der Waals surface area contributed by atoms with E-state index in [1.54, 1.807) is 31.3 Å². The van der Waals surface area contributed by atoms with Crippen molar-refractivity contribution in [3.05, 3.63) is 36.3 Å². The van der Waals surface area contributed by atoms with Crippen LogP contribution in [0.3, 0.4) is 0 Å². The third kappa shape index (κ3) is 4.90. The molecular formula is C19H25N3O3. The molecule has 6 nitrogen and oxygen atoms in total. The Hall–Kier alpha value is -2.68. The van der Waals surface area contributed by atoms with E-state index in [0.717, 1.165) is 31.6 Å². The number of ether oxygens (including phenoxy) is 1. The average Bonchev–Trinajstić information content (AvgIpc) is 2.88. The molecule has 134 valence electrons. The molecule has 1 saturated heterocycles. The molecule has 2 aliphatic rings. The first-order valence-electron chi connectivity index (χ1n) is 8.52. The molecule has 0 saturated carbocycles. The van der Waals surface area contributed by atoms with Gasteiger partial charge in [-0.15, -0.1) is 6.42 Å². The summed E-state index contributed by atoms with van der Waals surface area (Å²) in [4.78, 5) is 29.4.